The zero-order valence-electron chi connectivity index (χ0n) is 9.37. The molecule has 96 valence electrons. The number of carboxylic acids is 1. The molecule has 3 N–H and O–H groups in total. The molecule has 0 bridgehead atoms. The van der Waals surface area contributed by atoms with E-state index in [1.54, 1.807) is 0 Å². The summed E-state index contributed by atoms with van der Waals surface area (Å²) in [4.78, 5) is 24.5. The van der Waals surface area contributed by atoms with Crippen molar-refractivity contribution in [2.45, 2.75) is 31.1 Å². The van der Waals surface area contributed by atoms with Crippen molar-refractivity contribution >= 4 is 23.6 Å². The van der Waals surface area contributed by atoms with Crippen LogP contribution in [0, 0.1) is 0 Å². The van der Waals surface area contributed by atoms with E-state index in [4.69, 9.17) is 15.6 Å². The van der Waals surface area contributed by atoms with Gasteiger partial charge in [0.1, 0.15) is 12.1 Å². The van der Waals surface area contributed by atoms with E-state index in [0.717, 1.165) is 6.42 Å². The number of thioether (sulfide) groups is 1. The van der Waals surface area contributed by atoms with Crippen molar-refractivity contribution in [2.24, 2.45) is 5.73 Å². The zero-order chi connectivity index (χ0) is 12.4. The normalized spacial score (nSPS) is 33.0. The molecule has 2 heterocycles. The lowest BCUT2D eigenvalue weighted by Gasteiger charge is -2.23. The van der Waals surface area contributed by atoms with E-state index in [-0.39, 0.29) is 12.0 Å². The topological polar surface area (TPSA) is 92.9 Å². The maximum absolute atomic E-state index is 12.1. The van der Waals surface area contributed by atoms with Gasteiger partial charge in [0.05, 0.1) is 12.0 Å². The molecule has 0 aliphatic carbocycles. The molecule has 0 aromatic carbocycles. The van der Waals surface area contributed by atoms with Gasteiger partial charge in [-0.2, -0.15) is 0 Å². The number of nitrogens with two attached hydrogens (primary N) is 1. The average Bonchev–Trinajstić information content (AvgIpc) is 2.97. The Hall–Kier alpha value is -0.790. The standard InChI is InChI=1S/C10H16N2O4S/c11-3-6-1-2-8(16-6)9(13)12-5-17-4-7(12)10(14)15/h6-8H,1-5,11H2,(H,14,15)/t6?,7-,8?/m0/s1. The number of ether oxygens (including phenoxy) is 1. The number of amides is 1. The van der Waals surface area contributed by atoms with Gasteiger partial charge in [0, 0.05) is 12.3 Å². The molecule has 2 unspecified atom stereocenters. The molecule has 7 heteroatoms. The third kappa shape index (κ3) is 2.56. The van der Waals surface area contributed by atoms with E-state index in [1.807, 2.05) is 0 Å². The predicted molar refractivity (Wildman–Crippen MR) is 62.5 cm³/mol. The minimum atomic E-state index is -0.947. The van der Waals surface area contributed by atoms with Gasteiger partial charge in [-0.25, -0.2) is 4.79 Å². The summed E-state index contributed by atoms with van der Waals surface area (Å²) in [5, 5.41) is 9.01. The summed E-state index contributed by atoms with van der Waals surface area (Å²) in [6.07, 6.45) is 0.825. The van der Waals surface area contributed by atoms with Gasteiger partial charge in [0.25, 0.3) is 5.91 Å². The van der Waals surface area contributed by atoms with E-state index in [9.17, 15) is 9.59 Å². The van der Waals surface area contributed by atoms with Crippen LogP contribution in [0.4, 0.5) is 0 Å². The lowest BCUT2D eigenvalue weighted by molar-refractivity contribution is -0.152. The molecule has 17 heavy (non-hydrogen) atoms. The molecule has 1 amide bonds. The highest BCUT2D eigenvalue weighted by Crippen LogP contribution is 2.26. The number of hydrogen-bond acceptors (Lipinski definition) is 5. The van der Waals surface area contributed by atoms with Gasteiger partial charge in [-0.3, -0.25) is 4.79 Å². The Kier molecular flexibility index (Phi) is 3.90. The van der Waals surface area contributed by atoms with E-state index in [0.29, 0.717) is 24.6 Å². The molecule has 2 aliphatic heterocycles. The van der Waals surface area contributed by atoms with Crippen LogP contribution in [-0.2, 0) is 14.3 Å². The molecule has 0 spiro atoms. The monoisotopic (exact) mass is 260 g/mol. The minimum Gasteiger partial charge on any atom is -0.480 e. The number of nitrogens with zero attached hydrogens (tertiary/aromatic N) is 1. The fourth-order valence-corrected chi connectivity index (χ4v) is 3.27. The molecule has 2 saturated heterocycles. The smallest absolute Gasteiger partial charge is 0.327 e. The second-order valence-corrected chi connectivity index (χ2v) is 5.22. The summed E-state index contributed by atoms with van der Waals surface area (Å²) < 4.78 is 5.49. The zero-order valence-corrected chi connectivity index (χ0v) is 10.2. The number of rotatable bonds is 3. The average molecular weight is 260 g/mol. The van der Waals surface area contributed by atoms with Crippen LogP contribution in [0.25, 0.3) is 0 Å². The van der Waals surface area contributed by atoms with Crippen LogP contribution in [0.15, 0.2) is 0 Å². The van der Waals surface area contributed by atoms with Crippen LogP contribution in [0.1, 0.15) is 12.8 Å². The Bertz CT molecular complexity index is 325. The van der Waals surface area contributed by atoms with Crippen LogP contribution in [0.3, 0.4) is 0 Å². The fourth-order valence-electron chi connectivity index (χ4n) is 2.11. The summed E-state index contributed by atoms with van der Waals surface area (Å²) >= 11 is 1.46. The SMILES string of the molecule is NCC1CCC(C(=O)N2CSC[C@H]2C(=O)O)O1. The van der Waals surface area contributed by atoms with Crippen LogP contribution >= 0.6 is 11.8 Å². The molecule has 0 aromatic heterocycles. The van der Waals surface area contributed by atoms with Crippen molar-refractivity contribution in [1.29, 1.82) is 0 Å². The van der Waals surface area contributed by atoms with Gasteiger partial charge in [-0.05, 0) is 12.8 Å². The maximum Gasteiger partial charge on any atom is 0.327 e. The first-order chi connectivity index (χ1) is 8.13. The molecule has 0 saturated carbocycles. The first-order valence-electron chi connectivity index (χ1n) is 5.60. The van der Waals surface area contributed by atoms with Gasteiger partial charge in [0.15, 0.2) is 0 Å². The summed E-state index contributed by atoms with van der Waals surface area (Å²) in [5.41, 5.74) is 5.48. The van der Waals surface area contributed by atoms with Gasteiger partial charge < -0.3 is 20.5 Å². The van der Waals surface area contributed by atoms with Crippen LogP contribution in [0.5, 0.6) is 0 Å². The first kappa shape index (κ1) is 12.7. The van der Waals surface area contributed by atoms with Crippen molar-refractivity contribution in [3.63, 3.8) is 0 Å². The summed E-state index contributed by atoms with van der Waals surface area (Å²) in [6.45, 7) is 0.404. The number of carboxylic acid groups (broad SMARTS) is 1. The van der Waals surface area contributed by atoms with E-state index < -0.39 is 18.1 Å². The highest BCUT2D eigenvalue weighted by atomic mass is 32.2. The summed E-state index contributed by atoms with van der Waals surface area (Å²) in [7, 11) is 0. The highest BCUT2D eigenvalue weighted by molar-refractivity contribution is 7.99. The maximum atomic E-state index is 12.1. The lowest BCUT2D eigenvalue weighted by Crippen LogP contribution is -2.46. The second-order valence-electron chi connectivity index (χ2n) is 4.22. The number of carbonyl (C=O) groups is 2. The van der Waals surface area contributed by atoms with E-state index in [2.05, 4.69) is 0 Å². The third-order valence-corrected chi connectivity index (χ3v) is 4.11. The van der Waals surface area contributed by atoms with Crippen molar-refractivity contribution in [3.8, 4) is 0 Å². The molecule has 3 atom stereocenters. The van der Waals surface area contributed by atoms with Crippen molar-refractivity contribution in [2.75, 3.05) is 18.2 Å². The Labute approximate surface area is 103 Å². The van der Waals surface area contributed by atoms with Gasteiger partial charge >= 0.3 is 5.97 Å². The predicted octanol–water partition coefficient (Wildman–Crippen LogP) is -0.521. The van der Waals surface area contributed by atoms with Crippen molar-refractivity contribution in [1.82, 2.24) is 4.90 Å². The third-order valence-electron chi connectivity index (χ3n) is 3.10. The fraction of sp³-hybridized carbons (Fsp3) is 0.800. The van der Waals surface area contributed by atoms with Gasteiger partial charge in [0.2, 0.25) is 0 Å². The Morgan fingerprint density at radius 2 is 2.24 bits per heavy atom. The molecule has 0 radical (unpaired) electrons. The first-order valence-corrected chi connectivity index (χ1v) is 6.75. The van der Waals surface area contributed by atoms with Gasteiger partial charge in [-0.1, -0.05) is 0 Å². The second kappa shape index (κ2) is 5.24. The number of aliphatic carboxylic acids is 1. The van der Waals surface area contributed by atoms with Crippen LogP contribution < -0.4 is 5.73 Å². The molecule has 0 aromatic rings. The molecule has 6 nitrogen and oxygen atoms in total. The largest absolute Gasteiger partial charge is 0.480 e. The molecule has 2 aliphatic rings. The lowest BCUT2D eigenvalue weighted by atomic mass is 10.1. The molecular formula is C10H16N2O4S. The number of hydrogen-bond donors (Lipinski definition) is 2. The van der Waals surface area contributed by atoms with Crippen molar-refractivity contribution in [3.05, 3.63) is 0 Å². The minimum absolute atomic E-state index is 0.0671. The van der Waals surface area contributed by atoms with Crippen molar-refractivity contribution < 1.29 is 19.4 Å². The Morgan fingerprint density at radius 1 is 1.47 bits per heavy atom. The quantitative estimate of drug-likeness (QED) is 0.709. The molecule has 2 rings (SSSR count). The molecule has 2 fully saturated rings. The Morgan fingerprint density at radius 3 is 2.82 bits per heavy atom. The summed E-state index contributed by atoms with van der Waals surface area (Å²) in [5.74, 6) is -0.271. The summed E-state index contributed by atoms with van der Waals surface area (Å²) in [6, 6.07) is -0.715. The van der Waals surface area contributed by atoms with Crippen LogP contribution in [0.2, 0.25) is 0 Å². The number of carbonyl (C=O) groups excluding carboxylic acids is 1. The van der Waals surface area contributed by atoms with Gasteiger partial charge in [-0.15, -0.1) is 11.8 Å². The van der Waals surface area contributed by atoms with Crippen LogP contribution in [-0.4, -0.2) is 58.3 Å². The highest BCUT2D eigenvalue weighted by Gasteiger charge is 2.40. The van der Waals surface area contributed by atoms with E-state index >= 15 is 0 Å². The molecular weight excluding hydrogens is 244 g/mol. The van der Waals surface area contributed by atoms with E-state index in [1.165, 1.54) is 16.7 Å². The Balaban J connectivity index is 1.98.